The van der Waals surface area contributed by atoms with E-state index in [0.29, 0.717) is 18.7 Å². The van der Waals surface area contributed by atoms with Crippen molar-refractivity contribution in [1.82, 2.24) is 20.4 Å². The van der Waals surface area contributed by atoms with Crippen LogP contribution in [-0.2, 0) is 17.6 Å². The highest BCUT2D eigenvalue weighted by Crippen LogP contribution is 2.34. The summed E-state index contributed by atoms with van der Waals surface area (Å²) in [5.74, 6) is 1.35. The Hall–Kier alpha value is -4.50. The van der Waals surface area contributed by atoms with E-state index in [4.69, 9.17) is 9.72 Å². The maximum Gasteiger partial charge on any atom is 0.240 e. The molecule has 0 aliphatic carbocycles. The largest absolute Gasteiger partial charge is 0.497 e. The lowest BCUT2D eigenvalue weighted by Crippen LogP contribution is -2.19. The SMILES string of the molecule is COc1ccc(-c2nc(Nc3ccccn3)sc2CCC(=O)N/N=C(\C)Cc2c[nH]c3ccccc23)cc1. The number of pyridine rings is 1. The minimum absolute atomic E-state index is 0.142. The summed E-state index contributed by atoms with van der Waals surface area (Å²) in [6, 6.07) is 21.6. The van der Waals surface area contributed by atoms with E-state index in [2.05, 4.69) is 31.9 Å². The van der Waals surface area contributed by atoms with Crippen LogP contribution < -0.4 is 15.5 Å². The Balaban J connectivity index is 1.26. The quantitative estimate of drug-likeness (QED) is 0.151. The van der Waals surface area contributed by atoms with Gasteiger partial charge < -0.3 is 15.0 Å². The van der Waals surface area contributed by atoms with E-state index >= 15 is 0 Å². The number of nitrogens with one attached hydrogen (secondary N) is 3. The first-order valence-corrected chi connectivity index (χ1v) is 13.1. The molecule has 0 bridgehead atoms. The van der Waals surface area contributed by atoms with Gasteiger partial charge in [0, 0.05) is 52.3 Å². The Morgan fingerprint density at radius 2 is 1.89 bits per heavy atom. The van der Waals surface area contributed by atoms with Gasteiger partial charge in [0.15, 0.2) is 5.13 Å². The average Bonchev–Trinajstić information content (AvgIpc) is 3.55. The lowest BCUT2D eigenvalue weighted by molar-refractivity contribution is -0.121. The minimum Gasteiger partial charge on any atom is -0.497 e. The molecule has 0 atom stereocenters. The molecule has 2 aromatic carbocycles. The van der Waals surface area contributed by atoms with E-state index in [1.165, 1.54) is 16.7 Å². The molecule has 0 unspecified atom stereocenters. The van der Waals surface area contributed by atoms with Crippen LogP contribution in [0.3, 0.4) is 0 Å². The molecule has 38 heavy (non-hydrogen) atoms. The predicted octanol–water partition coefficient (Wildman–Crippen LogP) is 6.11. The summed E-state index contributed by atoms with van der Waals surface area (Å²) in [7, 11) is 1.64. The van der Waals surface area contributed by atoms with Crippen molar-refractivity contribution in [3.8, 4) is 17.0 Å². The number of methoxy groups -OCH3 is 1. The van der Waals surface area contributed by atoms with Gasteiger partial charge in [-0.3, -0.25) is 4.79 Å². The number of anilines is 2. The summed E-state index contributed by atoms with van der Waals surface area (Å²) >= 11 is 1.52. The lowest BCUT2D eigenvalue weighted by Gasteiger charge is -2.05. The van der Waals surface area contributed by atoms with Gasteiger partial charge >= 0.3 is 0 Å². The highest BCUT2D eigenvalue weighted by molar-refractivity contribution is 7.16. The summed E-state index contributed by atoms with van der Waals surface area (Å²) in [5, 5.41) is 9.49. The molecule has 192 valence electrons. The van der Waals surface area contributed by atoms with Crippen LogP contribution in [-0.4, -0.2) is 33.7 Å². The second-order valence-electron chi connectivity index (χ2n) is 8.78. The van der Waals surface area contributed by atoms with Crippen LogP contribution >= 0.6 is 11.3 Å². The van der Waals surface area contributed by atoms with E-state index in [0.717, 1.165) is 43.8 Å². The smallest absolute Gasteiger partial charge is 0.240 e. The molecule has 0 aliphatic rings. The molecule has 1 amide bonds. The fourth-order valence-corrected chi connectivity index (χ4v) is 5.12. The topological polar surface area (TPSA) is 104 Å². The number of aromatic amines is 1. The zero-order chi connectivity index (χ0) is 26.3. The van der Waals surface area contributed by atoms with E-state index < -0.39 is 0 Å². The Morgan fingerprint density at radius 3 is 2.68 bits per heavy atom. The van der Waals surface area contributed by atoms with E-state index in [1.54, 1.807) is 13.3 Å². The lowest BCUT2D eigenvalue weighted by atomic mass is 10.1. The molecule has 5 aromatic rings. The third-order valence-corrected chi connectivity index (χ3v) is 7.06. The van der Waals surface area contributed by atoms with Crippen LogP contribution in [0.25, 0.3) is 22.2 Å². The van der Waals surface area contributed by atoms with Crippen LogP contribution in [0.15, 0.2) is 84.2 Å². The van der Waals surface area contributed by atoms with Gasteiger partial charge in [-0.15, -0.1) is 11.3 Å². The van der Waals surface area contributed by atoms with Crippen molar-refractivity contribution in [1.29, 1.82) is 0 Å². The van der Waals surface area contributed by atoms with E-state index in [-0.39, 0.29) is 12.3 Å². The van der Waals surface area contributed by atoms with Crippen LogP contribution in [0, 0.1) is 0 Å². The van der Waals surface area contributed by atoms with Crippen LogP contribution in [0.5, 0.6) is 5.75 Å². The summed E-state index contributed by atoms with van der Waals surface area (Å²) in [4.78, 5) is 26.1. The van der Waals surface area contributed by atoms with Gasteiger partial charge in [0.1, 0.15) is 11.6 Å². The number of aryl methyl sites for hydroxylation is 1. The molecule has 8 nitrogen and oxygen atoms in total. The van der Waals surface area contributed by atoms with Gasteiger partial charge in [-0.25, -0.2) is 15.4 Å². The van der Waals surface area contributed by atoms with E-state index in [1.807, 2.05) is 73.8 Å². The van der Waals surface area contributed by atoms with Gasteiger partial charge in [0.25, 0.3) is 0 Å². The van der Waals surface area contributed by atoms with Crippen molar-refractivity contribution in [2.24, 2.45) is 5.10 Å². The highest BCUT2D eigenvalue weighted by Gasteiger charge is 2.15. The number of carbonyl (C=O) groups is 1. The van der Waals surface area contributed by atoms with Crippen molar-refractivity contribution in [2.45, 2.75) is 26.2 Å². The number of hydrazone groups is 1. The first-order valence-electron chi connectivity index (χ1n) is 12.3. The molecule has 9 heteroatoms. The standard InChI is InChI=1S/C29H28N6O2S/c1-19(17-21-18-31-24-8-4-3-7-23(21)24)34-35-27(36)15-14-25-28(20-10-12-22(37-2)13-11-20)33-29(38-25)32-26-9-5-6-16-30-26/h3-13,16,18,31H,14-15,17H2,1-2H3,(H,35,36)(H,30,32,33)/b34-19+. The molecular weight excluding hydrogens is 496 g/mol. The minimum atomic E-state index is -0.142. The Bertz CT molecular complexity index is 1560. The summed E-state index contributed by atoms with van der Waals surface area (Å²) in [5.41, 5.74) is 7.59. The molecule has 3 heterocycles. The number of hydrogen-bond acceptors (Lipinski definition) is 7. The van der Waals surface area contributed by atoms with E-state index in [9.17, 15) is 4.79 Å². The number of rotatable bonds is 10. The van der Waals surface area contributed by atoms with Gasteiger partial charge in [-0.05, 0) is 61.4 Å². The molecule has 0 saturated heterocycles. The first kappa shape index (κ1) is 25.2. The number of ether oxygens (including phenoxy) is 1. The molecule has 3 N–H and O–H groups in total. The van der Waals surface area contributed by atoms with Gasteiger partial charge in [0.2, 0.25) is 5.91 Å². The third kappa shape index (κ3) is 6.07. The number of H-pyrrole nitrogens is 1. The Morgan fingerprint density at radius 1 is 1.08 bits per heavy atom. The first-order chi connectivity index (χ1) is 18.6. The van der Waals surface area contributed by atoms with Gasteiger partial charge in [-0.1, -0.05) is 24.3 Å². The maximum absolute atomic E-state index is 12.7. The van der Waals surface area contributed by atoms with Crippen LogP contribution in [0.1, 0.15) is 23.8 Å². The fraction of sp³-hybridized carbons (Fsp3) is 0.172. The monoisotopic (exact) mass is 524 g/mol. The number of carbonyl (C=O) groups excluding carboxylic acids is 1. The number of hydrogen-bond donors (Lipinski definition) is 3. The van der Waals surface area contributed by atoms with Crippen molar-refractivity contribution in [3.63, 3.8) is 0 Å². The van der Waals surface area contributed by atoms with Crippen LogP contribution in [0.2, 0.25) is 0 Å². The molecule has 0 spiro atoms. The molecule has 3 aromatic heterocycles. The normalized spacial score (nSPS) is 11.5. The number of nitrogens with zero attached hydrogens (tertiary/aromatic N) is 3. The van der Waals surface area contributed by atoms with Crippen LogP contribution in [0.4, 0.5) is 10.9 Å². The summed E-state index contributed by atoms with van der Waals surface area (Å²) < 4.78 is 5.29. The second-order valence-corrected chi connectivity index (χ2v) is 9.86. The fourth-order valence-electron chi connectivity index (χ4n) is 4.13. The number of fused-ring (bicyclic) bond motifs is 1. The summed E-state index contributed by atoms with van der Waals surface area (Å²) in [6.07, 6.45) is 5.20. The predicted molar refractivity (Wildman–Crippen MR) is 153 cm³/mol. The van der Waals surface area contributed by atoms with Gasteiger partial charge in [0.05, 0.1) is 12.8 Å². The molecule has 0 fully saturated rings. The summed E-state index contributed by atoms with van der Waals surface area (Å²) in [6.45, 7) is 1.92. The number of para-hydroxylation sites is 1. The zero-order valence-electron chi connectivity index (χ0n) is 21.2. The van der Waals surface area contributed by atoms with Crippen molar-refractivity contribution >= 4 is 44.8 Å². The van der Waals surface area contributed by atoms with Gasteiger partial charge in [-0.2, -0.15) is 5.10 Å². The van der Waals surface area contributed by atoms with Crippen molar-refractivity contribution in [2.75, 3.05) is 12.4 Å². The third-order valence-electron chi connectivity index (χ3n) is 6.03. The highest BCUT2D eigenvalue weighted by atomic mass is 32.1. The van der Waals surface area contributed by atoms with Crippen molar-refractivity contribution in [3.05, 3.63) is 89.6 Å². The second kappa shape index (κ2) is 11.7. The maximum atomic E-state index is 12.7. The molecule has 5 rings (SSSR count). The Labute approximate surface area is 224 Å². The molecular formula is C29H28N6O2S. The molecule has 0 saturated carbocycles. The number of aromatic nitrogens is 3. The van der Waals surface area contributed by atoms with Crippen molar-refractivity contribution < 1.29 is 9.53 Å². The number of amides is 1. The zero-order valence-corrected chi connectivity index (χ0v) is 22.0. The average molecular weight is 525 g/mol. The number of thiazole rings is 1. The Kier molecular flexibility index (Phi) is 7.75. The number of benzene rings is 2. The molecule has 0 aliphatic heterocycles. The molecule has 0 radical (unpaired) electrons.